The van der Waals surface area contributed by atoms with Crippen molar-refractivity contribution in [2.45, 2.75) is 19.8 Å². The molecular weight excluding hydrogens is 366 g/mol. The summed E-state index contributed by atoms with van der Waals surface area (Å²) < 4.78 is 0. The van der Waals surface area contributed by atoms with Crippen LogP contribution in [0.3, 0.4) is 0 Å². The second-order valence-corrected chi connectivity index (χ2v) is 7.90. The molecule has 7 heteroatoms. The van der Waals surface area contributed by atoms with E-state index in [1.54, 1.807) is 4.90 Å². The van der Waals surface area contributed by atoms with Crippen molar-refractivity contribution in [2.24, 2.45) is 5.92 Å². The van der Waals surface area contributed by atoms with Crippen LogP contribution >= 0.6 is 0 Å². The van der Waals surface area contributed by atoms with Crippen molar-refractivity contribution in [3.8, 4) is 11.4 Å². The molecule has 2 aromatic rings. The predicted molar refractivity (Wildman–Crippen MR) is 112 cm³/mol. The molecule has 1 aromatic heterocycles. The van der Waals surface area contributed by atoms with Crippen molar-refractivity contribution in [1.29, 1.82) is 0 Å². The second kappa shape index (κ2) is 8.59. The Morgan fingerprint density at radius 2 is 1.69 bits per heavy atom. The van der Waals surface area contributed by atoms with Gasteiger partial charge in [0.2, 0.25) is 6.41 Å². The van der Waals surface area contributed by atoms with Crippen molar-refractivity contribution >= 4 is 18.1 Å². The van der Waals surface area contributed by atoms with Gasteiger partial charge in [0.1, 0.15) is 11.5 Å². The molecule has 2 aliphatic rings. The number of carbonyl (C=O) groups is 2. The minimum absolute atomic E-state index is 0.0238. The summed E-state index contributed by atoms with van der Waals surface area (Å²) in [5.41, 5.74) is 1.34. The van der Waals surface area contributed by atoms with Gasteiger partial charge >= 0.3 is 0 Å². The van der Waals surface area contributed by atoms with Gasteiger partial charge in [-0.05, 0) is 18.8 Å². The average Bonchev–Trinajstić information content (AvgIpc) is 2.79. The fourth-order valence-electron chi connectivity index (χ4n) is 3.85. The van der Waals surface area contributed by atoms with E-state index in [0.717, 1.165) is 43.7 Å². The summed E-state index contributed by atoms with van der Waals surface area (Å²) in [6.07, 6.45) is 2.95. The first kappa shape index (κ1) is 19.4. The lowest BCUT2D eigenvalue weighted by Gasteiger charge is -2.34. The summed E-state index contributed by atoms with van der Waals surface area (Å²) in [5.74, 6) is 1.95. The van der Waals surface area contributed by atoms with Crippen LogP contribution in [0.2, 0.25) is 0 Å². The van der Waals surface area contributed by atoms with Crippen LogP contribution in [-0.4, -0.2) is 71.4 Å². The Hall–Kier alpha value is -2.96. The maximum atomic E-state index is 13.2. The molecule has 1 aromatic carbocycles. The quantitative estimate of drug-likeness (QED) is 0.746. The molecule has 0 saturated carbocycles. The molecule has 3 heterocycles. The zero-order chi connectivity index (χ0) is 20.2. The van der Waals surface area contributed by atoms with Crippen molar-refractivity contribution in [3.05, 3.63) is 42.1 Å². The zero-order valence-electron chi connectivity index (χ0n) is 16.8. The van der Waals surface area contributed by atoms with E-state index in [2.05, 4.69) is 16.8 Å². The topological polar surface area (TPSA) is 69.6 Å². The SMILES string of the molecule is CC1CCN(C(=O)c2cc(N3CCN(C=O)CC3)nc(-c3ccccc3)n2)CC1. The highest BCUT2D eigenvalue weighted by atomic mass is 16.2. The van der Waals surface area contributed by atoms with Gasteiger partial charge in [-0.25, -0.2) is 9.97 Å². The lowest BCUT2D eigenvalue weighted by molar-refractivity contribution is -0.118. The van der Waals surface area contributed by atoms with Crippen LogP contribution in [0.1, 0.15) is 30.3 Å². The molecule has 0 N–H and O–H groups in total. The maximum Gasteiger partial charge on any atom is 0.272 e. The average molecular weight is 393 g/mol. The number of piperazine rings is 1. The number of anilines is 1. The number of aromatic nitrogens is 2. The van der Waals surface area contributed by atoms with Gasteiger partial charge in [0.15, 0.2) is 5.82 Å². The largest absolute Gasteiger partial charge is 0.353 e. The van der Waals surface area contributed by atoms with Crippen LogP contribution in [0.15, 0.2) is 36.4 Å². The number of carbonyl (C=O) groups excluding carboxylic acids is 2. The molecule has 0 atom stereocenters. The molecule has 0 radical (unpaired) electrons. The number of amides is 2. The van der Waals surface area contributed by atoms with Gasteiger partial charge in [-0.3, -0.25) is 9.59 Å². The fourth-order valence-corrected chi connectivity index (χ4v) is 3.85. The monoisotopic (exact) mass is 393 g/mol. The lowest BCUT2D eigenvalue weighted by Crippen LogP contribution is -2.46. The molecule has 152 valence electrons. The third-order valence-electron chi connectivity index (χ3n) is 5.82. The normalized spacial score (nSPS) is 18.0. The smallest absolute Gasteiger partial charge is 0.272 e. The van der Waals surface area contributed by atoms with Gasteiger partial charge in [-0.15, -0.1) is 0 Å². The summed E-state index contributed by atoms with van der Waals surface area (Å²) >= 11 is 0. The van der Waals surface area contributed by atoms with Crippen molar-refractivity contribution in [3.63, 3.8) is 0 Å². The molecule has 29 heavy (non-hydrogen) atoms. The van der Waals surface area contributed by atoms with E-state index in [1.165, 1.54) is 0 Å². The third-order valence-corrected chi connectivity index (χ3v) is 5.82. The number of hydrogen-bond acceptors (Lipinski definition) is 5. The molecule has 0 spiro atoms. The Morgan fingerprint density at radius 1 is 1.00 bits per heavy atom. The van der Waals surface area contributed by atoms with Crippen LogP contribution in [0.5, 0.6) is 0 Å². The van der Waals surface area contributed by atoms with Crippen LogP contribution in [-0.2, 0) is 4.79 Å². The van der Waals surface area contributed by atoms with E-state index < -0.39 is 0 Å². The van der Waals surface area contributed by atoms with Gasteiger partial charge in [0.25, 0.3) is 5.91 Å². The predicted octanol–water partition coefficient (Wildman–Crippen LogP) is 2.29. The molecule has 2 aliphatic heterocycles. The number of nitrogens with zero attached hydrogens (tertiary/aromatic N) is 5. The van der Waals surface area contributed by atoms with Crippen molar-refractivity contribution in [1.82, 2.24) is 19.8 Å². The van der Waals surface area contributed by atoms with Crippen LogP contribution in [0, 0.1) is 5.92 Å². The number of hydrogen-bond donors (Lipinski definition) is 0. The van der Waals surface area contributed by atoms with E-state index in [-0.39, 0.29) is 5.91 Å². The Bertz CT molecular complexity index is 857. The Kier molecular flexibility index (Phi) is 5.74. The highest BCUT2D eigenvalue weighted by Gasteiger charge is 2.25. The van der Waals surface area contributed by atoms with Gasteiger partial charge in [0, 0.05) is 50.9 Å². The summed E-state index contributed by atoms with van der Waals surface area (Å²) in [4.78, 5) is 39.4. The molecular formula is C22H27N5O2. The van der Waals surface area contributed by atoms with Gasteiger partial charge < -0.3 is 14.7 Å². The van der Waals surface area contributed by atoms with E-state index in [9.17, 15) is 9.59 Å². The first-order valence-corrected chi connectivity index (χ1v) is 10.3. The number of likely N-dealkylation sites (tertiary alicyclic amines) is 1. The van der Waals surface area contributed by atoms with Crippen molar-refractivity contribution in [2.75, 3.05) is 44.2 Å². The molecule has 4 rings (SSSR count). The standard InChI is InChI=1S/C22H27N5O2/c1-17-7-9-27(10-8-17)22(29)19-15-20(26-13-11-25(16-28)12-14-26)24-21(23-19)18-5-3-2-4-6-18/h2-6,15-17H,7-14H2,1H3. The second-order valence-electron chi connectivity index (χ2n) is 7.90. The Labute approximate surface area is 171 Å². The van der Waals surface area contributed by atoms with Crippen LogP contribution in [0.25, 0.3) is 11.4 Å². The lowest BCUT2D eigenvalue weighted by atomic mass is 9.99. The van der Waals surface area contributed by atoms with Crippen molar-refractivity contribution < 1.29 is 9.59 Å². The molecule has 7 nitrogen and oxygen atoms in total. The minimum Gasteiger partial charge on any atom is -0.353 e. The third kappa shape index (κ3) is 4.39. The summed E-state index contributed by atoms with van der Waals surface area (Å²) in [5, 5.41) is 0. The molecule has 0 bridgehead atoms. The van der Waals surface area contributed by atoms with Gasteiger partial charge in [-0.2, -0.15) is 0 Å². The fraction of sp³-hybridized carbons (Fsp3) is 0.455. The molecule has 2 amide bonds. The summed E-state index contributed by atoms with van der Waals surface area (Å²) in [6.45, 7) is 6.48. The maximum absolute atomic E-state index is 13.2. The molecule has 2 fully saturated rings. The van der Waals surface area contributed by atoms with E-state index in [4.69, 9.17) is 4.98 Å². The highest BCUT2D eigenvalue weighted by Crippen LogP contribution is 2.23. The van der Waals surface area contributed by atoms with Crippen LogP contribution < -0.4 is 4.90 Å². The molecule has 0 unspecified atom stereocenters. The van der Waals surface area contributed by atoms with Crippen LogP contribution in [0.4, 0.5) is 5.82 Å². The zero-order valence-corrected chi connectivity index (χ0v) is 16.8. The van der Waals surface area contributed by atoms with E-state index >= 15 is 0 Å². The Balaban J connectivity index is 1.65. The molecule has 2 saturated heterocycles. The number of benzene rings is 1. The summed E-state index contributed by atoms with van der Waals surface area (Å²) in [6, 6.07) is 11.6. The van der Waals surface area contributed by atoms with Gasteiger partial charge in [-0.1, -0.05) is 37.3 Å². The number of piperidine rings is 1. The van der Waals surface area contributed by atoms with E-state index in [1.807, 2.05) is 41.3 Å². The number of rotatable bonds is 4. The minimum atomic E-state index is -0.0238. The highest BCUT2D eigenvalue weighted by molar-refractivity contribution is 5.93. The first-order chi connectivity index (χ1) is 14.1. The Morgan fingerprint density at radius 3 is 2.34 bits per heavy atom. The molecule has 0 aliphatic carbocycles. The van der Waals surface area contributed by atoms with Gasteiger partial charge in [0.05, 0.1) is 0 Å². The first-order valence-electron chi connectivity index (χ1n) is 10.3. The summed E-state index contributed by atoms with van der Waals surface area (Å²) in [7, 11) is 0. The van der Waals surface area contributed by atoms with E-state index in [0.29, 0.717) is 43.6 Å².